The molecule has 0 saturated carbocycles. The van der Waals surface area contributed by atoms with Crippen molar-refractivity contribution in [3.8, 4) is 17.0 Å². The van der Waals surface area contributed by atoms with E-state index in [2.05, 4.69) is 15.3 Å². The molecule has 1 fully saturated rings. The summed E-state index contributed by atoms with van der Waals surface area (Å²) in [6.07, 6.45) is 8.74. The number of nitrogens with zero attached hydrogens (tertiary/aromatic N) is 4. The van der Waals surface area contributed by atoms with Crippen molar-refractivity contribution in [2.24, 2.45) is 0 Å². The van der Waals surface area contributed by atoms with Crippen molar-refractivity contribution in [2.75, 3.05) is 25.5 Å². The molecule has 0 atom stereocenters. The average Bonchev–Trinajstić information content (AvgIpc) is 3.30. The summed E-state index contributed by atoms with van der Waals surface area (Å²) in [4.78, 5) is 23.7. The zero-order chi connectivity index (χ0) is 22.8. The van der Waals surface area contributed by atoms with E-state index in [1.54, 1.807) is 19.5 Å². The van der Waals surface area contributed by atoms with E-state index in [0.29, 0.717) is 27.8 Å². The van der Waals surface area contributed by atoms with Crippen LogP contribution in [0.5, 0.6) is 5.75 Å². The third-order valence-electron chi connectivity index (χ3n) is 5.91. The molecule has 0 bridgehead atoms. The molecule has 1 aliphatic heterocycles. The Balaban J connectivity index is 1.38. The highest BCUT2D eigenvalue weighted by Crippen LogP contribution is 2.31. The summed E-state index contributed by atoms with van der Waals surface area (Å²) in [5.74, 6) is 1.34. The lowest BCUT2D eigenvalue weighted by Crippen LogP contribution is -2.35. The number of carbonyl (C=O) groups is 1. The van der Waals surface area contributed by atoms with Gasteiger partial charge < -0.3 is 15.0 Å². The third-order valence-corrected chi connectivity index (χ3v) is 6.21. The quantitative estimate of drug-likeness (QED) is 0.429. The van der Waals surface area contributed by atoms with Gasteiger partial charge in [0.25, 0.3) is 5.91 Å². The van der Waals surface area contributed by atoms with Crippen molar-refractivity contribution in [3.05, 3.63) is 71.6 Å². The van der Waals surface area contributed by atoms with Gasteiger partial charge in [-0.1, -0.05) is 11.6 Å². The van der Waals surface area contributed by atoms with E-state index in [4.69, 9.17) is 16.3 Å². The van der Waals surface area contributed by atoms with Gasteiger partial charge in [0.1, 0.15) is 5.75 Å². The Hall–Kier alpha value is -3.58. The third kappa shape index (κ3) is 4.24. The van der Waals surface area contributed by atoms with Gasteiger partial charge in [-0.05, 0) is 61.7 Å². The number of ether oxygens (including phenoxy) is 1. The van der Waals surface area contributed by atoms with Gasteiger partial charge >= 0.3 is 0 Å². The number of fused-ring (bicyclic) bond motifs is 1. The molecule has 2 aromatic carbocycles. The molecule has 0 unspecified atom stereocenters. The van der Waals surface area contributed by atoms with Crippen LogP contribution in [0.25, 0.3) is 16.9 Å². The number of benzene rings is 2. The fraction of sp³-hybridized carbons (Fsp3) is 0.240. The van der Waals surface area contributed by atoms with E-state index in [1.165, 1.54) is 6.42 Å². The first-order valence-electron chi connectivity index (χ1n) is 11.0. The molecule has 1 aliphatic rings. The Morgan fingerprint density at radius 2 is 1.85 bits per heavy atom. The predicted octanol–water partition coefficient (Wildman–Crippen LogP) is 5.43. The van der Waals surface area contributed by atoms with Gasteiger partial charge in [-0.25, -0.2) is 9.97 Å². The maximum Gasteiger partial charge on any atom is 0.253 e. The van der Waals surface area contributed by atoms with Gasteiger partial charge in [-0.3, -0.25) is 9.20 Å². The van der Waals surface area contributed by atoms with Crippen molar-refractivity contribution >= 4 is 34.7 Å². The fourth-order valence-corrected chi connectivity index (χ4v) is 4.42. The van der Waals surface area contributed by atoms with Crippen LogP contribution in [0.4, 0.5) is 11.5 Å². The maximum absolute atomic E-state index is 12.7. The zero-order valence-electron chi connectivity index (χ0n) is 18.3. The number of piperidine rings is 1. The first-order valence-corrected chi connectivity index (χ1v) is 11.3. The van der Waals surface area contributed by atoms with Crippen LogP contribution in [-0.4, -0.2) is 45.4 Å². The Bertz CT molecular complexity index is 1300. The molecular formula is C25H24ClN5O2. The Morgan fingerprint density at radius 3 is 2.58 bits per heavy atom. The van der Waals surface area contributed by atoms with Crippen molar-refractivity contribution in [2.45, 2.75) is 19.3 Å². The van der Waals surface area contributed by atoms with Gasteiger partial charge in [-0.15, -0.1) is 0 Å². The summed E-state index contributed by atoms with van der Waals surface area (Å²) < 4.78 is 7.21. The Kier molecular flexibility index (Phi) is 5.88. The molecule has 8 heteroatoms. The molecule has 0 radical (unpaired) electrons. The number of imidazole rings is 1. The summed E-state index contributed by atoms with van der Waals surface area (Å²) in [6.45, 7) is 1.68. The second kappa shape index (κ2) is 9.11. The minimum atomic E-state index is 0.0949. The van der Waals surface area contributed by atoms with Gasteiger partial charge in [-0.2, -0.15) is 0 Å². The van der Waals surface area contributed by atoms with Crippen LogP contribution in [-0.2, 0) is 0 Å². The molecular weight excluding hydrogens is 438 g/mol. The molecule has 1 amide bonds. The molecule has 33 heavy (non-hydrogen) atoms. The number of methoxy groups -OCH3 is 1. The standard InChI is InChI=1S/C25H24ClN5O2/c1-33-22-10-7-18(15-20(22)26)21-16-28-24-23(27-11-14-31(21)24)29-19-8-5-17(6-9-19)25(32)30-12-3-2-4-13-30/h5-11,14-16H,2-4,12-13H2,1H3,(H,27,29). The number of anilines is 2. The lowest BCUT2D eigenvalue weighted by molar-refractivity contribution is 0.0724. The maximum atomic E-state index is 12.7. The molecule has 3 heterocycles. The number of hydrogen-bond donors (Lipinski definition) is 1. The largest absolute Gasteiger partial charge is 0.495 e. The minimum absolute atomic E-state index is 0.0949. The van der Waals surface area contributed by atoms with Gasteiger partial charge in [0.2, 0.25) is 0 Å². The second-order valence-corrected chi connectivity index (χ2v) is 8.42. The summed E-state index contributed by atoms with van der Waals surface area (Å²) in [5.41, 5.74) is 4.04. The van der Waals surface area contributed by atoms with Crippen LogP contribution in [0.2, 0.25) is 5.02 Å². The number of halogens is 1. The number of rotatable bonds is 5. The lowest BCUT2D eigenvalue weighted by atomic mass is 10.1. The molecule has 1 saturated heterocycles. The van der Waals surface area contributed by atoms with Crippen LogP contribution in [0.3, 0.4) is 0 Å². The van der Waals surface area contributed by atoms with Crippen molar-refractivity contribution in [1.82, 2.24) is 19.3 Å². The minimum Gasteiger partial charge on any atom is -0.495 e. The molecule has 5 rings (SSSR count). The van der Waals surface area contributed by atoms with E-state index < -0.39 is 0 Å². The first kappa shape index (κ1) is 21.3. The summed E-state index contributed by atoms with van der Waals surface area (Å²) in [6, 6.07) is 13.1. The number of hydrogen-bond acceptors (Lipinski definition) is 5. The lowest BCUT2D eigenvalue weighted by Gasteiger charge is -2.26. The summed E-state index contributed by atoms with van der Waals surface area (Å²) in [7, 11) is 1.59. The highest BCUT2D eigenvalue weighted by atomic mass is 35.5. The van der Waals surface area contributed by atoms with Crippen LogP contribution in [0, 0.1) is 0 Å². The van der Waals surface area contributed by atoms with Crippen LogP contribution < -0.4 is 10.1 Å². The highest BCUT2D eigenvalue weighted by molar-refractivity contribution is 6.32. The molecule has 1 N–H and O–H groups in total. The van der Waals surface area contributed by atoms with Crippen molar-refractivity contribution in [1.29, 1.82) is 0 Å². The fourth-order valence-electron chi connectivity index (χ4n) is 4.16. The number of nitrogens with one attached hydrogen (secondary N) is 1. The normalized spacial score (nSPS) is 13.8. The van der Waals surface area contributed by atoms with Crippen LogP contribution in [0.15, 0.2) is 61.1 Å². The molecule has 2 aromatic heterocycles. The van der Waals surface area contributed by atoms with E-state index in [-0.39, 0.29) is 5.91 Å². The number of aromatic nitrogens is 3. The highest BCUT2D eigenvalue weighted by Gasteiger charge is 2.18. The number of amides is 1. The summed E-state index contributed by atoms with van der Waals surface area (Å²) in [5, 5.41) is 3.86. The molecule has 7 nitrogen and oxygen atoms in total. The number of carbonyl (C=O) groups excluding carboxylic acids is 1. The van der Waals surface area contributed by atoms with Gasteiger partial charge in [0.05, 0.1) is 24.0 Å². The van der Waals surface area contributed by atoms with E-state index in [0.717, 1.165) is 42.9 Å². The van der Waals surface area contributed by atoms with E-state index >= 15 is 0 Å². The predicted molar refractivity (Wildman–Crippen MR) is 129 cm³/mol. The molecule has 0 spiro atoms. The van der Waals surface area contributed by atoms with Gasteiger partial charge in [0.15, 0.2) is 11.5 Å². The van der Waals surface area contributed by atoms with Crippen LogP contribution >= 0.6 is 11.6 Å². The SMILES string of the molecule is COc1ccc(-c2cnc3c(Nc4ccc(C(=O)N5CCCCC5)cc4)nccn23)cc1Cl. The van der Waals surface area contributed by atoms with E-state index in [1.807, 2.05) is 58.0 Å². The van der Waals surface area contributed by atoms with Crippen LogP contribution in [0.1, 0.15) is 29.6 Å². The monoisotopic (exact) mass is 461 g/mol. The van der Waals surface area contributed by atoms with Gasteiger partial charge in [0, 0.05) is 42.3 Å². The molecule has 0 aliphatic carbocycles. The topological polar surface area (TPSA) is 71.8 Å². The van der Waals surface area contributed by atoms with Crippen molar-refractivity contribution in [3.63, 3.8) is 0 Å². The molecule has 4 aromatic rings. The molecule has 168 valence electrons. The zero-order valence-corrected chi connectivity index (χ0v) is 19.0. The second-order valence-electron chi connectivity index (χ2n) is 8.02. The Morgan fingerprint density at radius 1 is 1.06 bits per heavy atom. The summed E-state index contributed by atoms with van der Waals surface area (Å²) >= 11 is 6.31. The average molecular weight is 462 g/mol. The first-order chi connectivity index (χ1) is 16.1. The Labute approximate surface area is 197 Å². The number of likely N-dealkylation sites (tertiary alicyclic amines) is 1. The van der Waals surface area contributed by atoms with Crippen molar-refractivity contribution < 1.29 is 9.53 Å². The smallest absolute Gasteiger partial charge is 0.253 e. The van der Waals surface area contributed by atoms with E-state index in [9.17, 15) is 4.79 Å².